The molecule has 2 fully saturated rings. The second-order valence-corrected chi connectivity index (χ2v) is 13.8. The van der Waals surface area contributed by atoms with E-state index in [1.54, 1.807) is 0 Å². The van der Waals surface area contributed by atoms with Gasteiger partial charge in [0, 0.05) is 40.3 Å². The molecule has 0 unspecified atom stereocenters. The molecule has 4 heteroatoms. The Morgan fingerprint density at radius 1 is 0.435 bits per heavy atom. The van der Waals surface area contributed by atoms with Crippen LogP contribution in [0.3, 0.4) is 0 Å². The molecule has 2 saturated carbocycles. The Bertz CT molecular complexity index is 1870. The summed E-state index contributed by atoms with van der Waals surface area (Å²) in [6.07, 6.45) is 16.3. The third kappa shape index (κ3) is 4.34. The van der Waals surface area contributed by atoms with Gasteiger partial charge in [0.05, 0.1) is 16.8 Å². The smallest absolute Gasteiger partial charge is 0.127 e. The quantitative estimate of drug-likeness (QED) is 0.198. The summed E-state index contributed by atoms with van der Waals surface area (Å²) in [7, 11) is 0. The highest BCUT2D eigenvalue weighted by molar-refractivity contribution is 5.66. The van der Waals surface area contributed by atoms with Crippen LogP contribution in [0, 0.1) is 0 Å². The number of imidazole rings is 2. The van der Waals surface area contributed by atoms with Gasteiger partial charge in [-0.2, -0.15) is 0 Å². The van der Waals surface area contributed by atoms with Crippen molar-refractivity contribution in [2.24, 2.45) is 0 Å². The van der Waals surface area contributed by atoms with Gasteiger partial charge in [-0.1, -0.05) is 111 Å². The zero-order valence-corrected chi connectivity index (χ0v) is 26.4. The topological polar surface area (TPSA) is 35.6 Å². The number of nitrogens with zero attached hydrogens (tertiary/aromatic N) is 4. The molecule has 8 bridgehead atoms. The van der Waals surface area contributed by atoms with E-state index >= 15 is 0 Å². The molecule has 6 aromatic rings. The molecular weight excluding hydrogens is 560 g/mol. The number of para-hydroxylation sites is 2. The van der Waals surface area contributed by atoms with Crippen molar-refractivity contribution in [2.75, 3.05) is 0 Å². The maximum Gasteiger partial charge on any atom is 0.127 e. The maximum absolute atomic E-state index is 5.66. The first-order valence-electron chi connectivity index (χ1n) is 17.3. The van der Waals surface area contributed by atoms with E-state index in [1.807, 2.05) is 0 Å². The number of rotatable bonds is 2. The van der Waals surface area contributed by atoms with Crippen LogP contribution in [0.25, 0.3) is 33.9 Å². The van der Waals surface area contributed by atoms with Gasteiger partial charge in [0.25, 0.3) is 0 Å². The van der Waals surface area contributed by atoms with E-state index < -0.39 is 0 Å². The summed E-state index contributed by atoms with van der Waals surface area (Å²) in [6.45, 7) is 0. The Hall–Kier alpha value is -4.70. The highest BCUT2D eigenvalue weighted by Crippen LogP contribution is 2.49. The van der Waals surface area contributed by atoms with Crippen LogP contribution < -0.4 is 0 Å². The lowest BCUT2D eigenvalue weighted by Gasteiger charge is -2.39. The van der Waals surface area contributed by atoms with Crippen LogP contribution in [0.15, 0.2) is 122 Å². The highest BCUT2D eigenvalue weighted by atomic mass is 15.1. The Morgan fingerprint density at radius 2 is 0.870 bits per heavy atom. The van der Waals surface area contributed by atoms with Gasteiger partial charge in [-0.15, -0.1) is 0 Å². The van der Waals surface area contributed by atoms with Gasteiger partial charge in [0.2, 0.25) is 0 Å². The maximum atomic E-state index is 5.66. The summed E-state index contributed by atoms with van der Waals surface area (Å²) in [4.78, 5) is 11.3. The van der Waals surface area contributed by atoms with Crippen molar-refractivity contribution < 1.29 is 0 Å². The van der Waals surface area contributed by atoms with Gasteiger partial charge in [0.15, 0.2) is 0 Å². The minimum atomic E-state index is -0.343. The van der Waals surface area contributed by atoms with E-state index in [0.717, 1.165) is 72.9 Å². The SMILES string of the molecule is c1ccc(-n2cc3nc2C2(CCCCC2)c2nc(cn2-c2ccccc2)-c2cccc(c2)C2(CCCCC2)c2cccc-3c2)cc1. The Kier molecular flexibility index (Phi) is 6.59. The van der Waals surface area contributed by atoms with Crippen molar-refractivity contribution in [3.05, 3.63) is 144 Å². The van der Waals surface area contributed by atoms with Crippen LogP contribution in [0.1, 0.15) is 87.0 Å². The summed E-state index contributed by atoms with van der Waals surface area (Å²) in [6, 6.07) is 40.3. The molecule has 4 aromatic carbocycles. The standard InChI is InChI=1S/C42H40N4/c1-5-19-35(20-6-1)45-29-37-31-15-13-17-33(27-31)41(23-9-3-10-24-41)34-18-14-16-32(28-34)38-30-46(36-21-7-2-8-22-36)40(44-38)42(39(45)43-37)25-11-4-12-26-42/h1-2,5-8,13-22,27-30H,3-4,9-12,23-26H2. The van der Waals surface area contributed by atoms with Crippen molar-refractivity contribution >= 4 is 0 Å². The normalized spacial score (nSPS) is 17.9. The first-order valence-corrected chi connectivity index (χ1v) is 17.3. The van der Waals surface area contributed by atoms with Crippen LogP contribution in [-0.2, 0) is 10.8 Å². The van der Waals surface area contributed by atoms with Crippen molar-refractivity contribution in [3.63, 3.8) is 0 Å². The van der Waals surface area contributed by atoms with E-state index in [2.05, 4.69) is 131 Å². The van der Waals surface area contributed by atoms with Gasteiger partial charge in [-0.25, -0.2) is 9.97 Å². The van der Waals surface area contributed by atoms with Crippen molar-refractivity contribution in [2.45, 2.75) is 75.0 Å². The molecule has 0 amide bonds. The van der Waals surface area contributed by atoms with Gasteiger partial charge in [0.1, 0.15) is 11.6 Å². The molecule has 1 aliphatic heterocycles. The second-order valence-electron chi connectivity index (χ2n) is 13.8. The molecule has 9 rings (SSSR count). The van der Waals surface area contributed by atoms with E-state index in [-0.39, 0.29) is 10.8 Å². The number of benzene rings is 4. The van der Waals surface area contributed by atoms with E-state index in [9.17, 15) is 0 Å². The fraction of sp³-hybridized carbons (Fsp3) is 0.286. The molecule has 4 nitrogen and oxygen atoms in total. The van der Waals surface area contributed by atoms with Crippen molar-refractivity contribution in [3.8, 4) is 33.9 Å². The molecule has 228 valence electrons. The summed E-state index contributed by atoms with van der Waals surface area (Å²) in [5.74, 6) is 2.21. The number of fused-ring (bicyclic) bond motifs is 14. The van der Waals surface area contributed by atoms with Crippen LogP contribution in [-0.4, -0.2) is 19.1 Å². The first kappa shape index (κ1) is 27.6. The molecule has 0 N–H and O–H groups in total. The zero-order valence-electron chi connectivity index (χ0n) is 26.4. The summed E-state index contributed by atoms with van der Waals surface area (Å²) in [5, 5.41) is 0. The zero-order chi connectivity index (χ0) is 30.6. The molecule has 0 saturated heterocycles. The van der Waals surface area contributed by atoms with Crippen molar-refractivity contribution in [1.82, 2.24) is 19.1 Å². The minimum absolute atomic E-state index is 0.0192. The van der Waals surface area contributed by atoms with Gasteiger partial charge in [-0.05, 0) is 73.2 Å². The van der Waals surface area contributed by atoms with Crippen molar-refractivity contribution in [1.29, 1.82) is 0 Å². The number of aromatic nitrogens is 4. The molecule has 3 heterocycles. The first-order chi connectivity index (χ1) is 22.7. The third-order valence-electron chi connectivity index (χ3n) is 11.2. The molecule has 2 aliphatic carbocycles. The number of hydrogen-bond acceptors (Lipinski definition) is 2. The molecule has 46 heavy (non-hydrogen) atoms. The van der Waals surface area contributed by atoms with Crippen LogP contribution in [0.5, 0.6) is 0 Å². The highest BCUT2D eigenvalue weighted by Gasteiger charge is 2.45. The van der Waals surface area contributed by atoms with Gasteiger partial charge >= 0.3 is 0 Å². The fourth-order valence-electron chi connectivity index (χ4n) is 8.84. The molecule has 2 aromatic heterocycles. The number of hydrogen-bond donors (Lipinski definition) is 0. The average molecular weight is 601 g/mol. The Balaban J connectivity index is 1.40. The van der Waals surface area contributed by atoms with Gasteiger partial charge < -0.3 is 9.13 Å². The summed E-state index contributed by atoms with van der Waals surface area (Å²) < 4.78 is 4.76. The minimum Gasteiger partial charge on any atom is -0.302 e. The van der Waals surface area contributed by atoms with Gasteiger partial charge in [-0.3, -0.25) is 0 Å². The monoisotopic (exact) mass is 600 g/mol. The molecule has 0 radical (unpaired) electrons. The Labute approximate surface area is 271 Å². The molecule has 2 spiro atoms. The predicted molar refractivity (Wildman–Crippen MR) is 186 cm³/mol. The van der Waals surface area contributed by atoms with E-state index in [0.29, 0.717) is 0 Å². The Morgan fingerprint density at radius 3 is 1.33 bits per heavy atom. The average Bonchev–Trinajstić information content (AvgIpc) is 3.80. The van der Waals surface area contributed by atoms with Crippen LogP contribution in [0.2, 0.25) is 0 Å². The van der Waals surface area contributed by atoms with Crippen LogP contribution >= 0.6 is 0 Å². The molecule has 3 aliphatic rings. The molecular formula is C42H40N4. The largest absolute Gasteiger partial charge is 0.302 e. The van der Waals surface area contributed by atoms with E-state index in [4.69, 9.17) is 9.97 Å². The lowest BCUT2D eigenvalue weighted by Crippen LogP contribution is -2.36. The predicted octanol–water partition coefficient (Wildman–Crippen LogP) is 10.2. The fourth-order valence-corrected chi connectivity index (χ4v) is 8.84. The second kappa shape index (κ2) is 11.0. The van der Waals surface area contributed by atoms with E-state index in [1.165, 1.54) is 47.9 Å². The lowest BCUT2D eigenvalue weighted by atomic mass is 9.65. The lowest BCUT2D eigenvalue weighted by molar-refractivity contribution is 0.309. The molecule has 0 atom stereocenters. The van der Waals surface area contributed by atoms with Crippen LogP contribution in [0.4, 0.5) is 0 Å². The summed E-state index contributed by atoms with van der Waals surface area (Å²) in [5.41, 5.74) is 9.24. The summed E-state index contributed by atoms with van der Waals surface area (Å²) >= 11 is 0. The third-order valence-corrected chi connectivity index (χ3v) is 11.2.